The topological polar surface area (TPSA) is 89.9 Å². The van der Waals surface area contributed by atoms with Crippen LogP contribution in [0.1, 0.15) is 39.2 Å². The van der Waals surface area contributed by atoms with E-state index in [-0.39, 0.29) is 11.9 Å². The highest BCUT2D eigenvalue weighted by Gasteiger charge is 2.00. The molecule has 0 aliphatic heterocycles. The van der Waals surface area contributed by atoms with E-state index in [9.17, 15) is 14.4 Å². The summed E-state index contributed by atoms with van der Waals surface area (Å²) in [5.41, 5.74) is 2.08. The van der Waals surface area contributed by atoms with Crippen molar-refractivity contribution in [2.24, 2.45) is 0 Å². The molecule has 6 heteroatoms. The molecule has 0 atom stereocenters. The summed E-state index contributed by atoms with van der Waals surface area (Å²) in [6.07, 6.45) is 4.64. The van der Waals surface area contributed by atoms with Gasteiger partial charge in [0.25, 0.3) is 0 Å². The van der Waals surface area contributed by atoms with Gasteiger partial charge >= 0.3 is 17.9 Å². The zero-order valence-corrected chi connectivity index (χ0v) is 18.5. The van der Waals surface area contributed by atoms with Gasteiger partial charge in [0.1, 0.15) is 0 Å². The normalized spacial score (nSPS) is 8.13. The van der Waals surface area contributed by atoms with Gasteiger partial charge in [-0.3, -0.25) is 0 Å². The Kier molecular flexibility index (Phi) is 22.8. The second-order valence-electron chi connectivity index (χ2n) is 5.70. The number of esters is 2. The van der Waals surface area contributed by atoms with Crippen LogP contribution in [0.2, 0.25) is 0 Å². The van der Waals surface area contributed by atoms with Crippen LogP contribution in [-0.4, -0.2) is 36.7 Å². The van der Waals surface area contributed by atoms with Gasteiger partial charge in [-0.2, -0.15) is 0 Å². The van der Waals surface area contributed by atoms with Gasteiger partial charge in [-0.1, -0.05) is 76.1 Å². The van der Waals surface area contributed by atoms with Gasteiger partial charge in [-0.05, 0) is 25.8 Å². The van der Waals surface area contributed by atoms with E-state index in [1.54, 1.807) is 13.8 Å². The Balaban J connectivity index is -0.000000333. The van der Waals surface area contributed by atoms with Crippen molar-refractivity contribution in [2.45, 2.75) is 33.6 Å². The molecular formula is C24H34O6. The van der Waals surface area contributed by atoms with Crippen LogP contribution in [0.4, 0.5) is 0 Å². The number of hydrogen-bond donors (Lipinski definition) is 1. The van der Waals surface area contributed by atoms with Crippen LogP contribution in [0.25, 0.3) is 6.08 Å². The number of benzene rings is 1. The molecule has 166 valence electrons. The molecule has 30 heavy (non-hydrogen) atoms. The van der Waals surface area contributed by atoms with Crippen molar-refractivity contribution in [1.29, 1.82) is 0 Å². The standard InChI is InChI=1S/C8H14O2.C8H8.C5H8O2.C3H4O2/c1-4-5-6-10-8(9)7(2)3;1-2-8-6-4-3-5-7-8;1-4(2)5(6)7-3;1-2-3(4)5/h2,4-6H2,1,3H3;2-7H,1H2;1H2,2-3H3;2H,1H2,(H,4,5). The number of ether oxygens (including phenoxy) is 2. The fourth-order valence-electron chi connectivity index (χ4n) is 1.20. The smallest absolute Gasteiger partial charge is 0.333 e. The zero-order chi connectivity index (χ0) is 23.9. The Morgan fingerprint density at radius 1 is 1.00 bits per heavy atom. The van der Waals surface area contributed by atoms with E-state index in [2.05, 4.69) is 38.0 Å². The predicted molar refractivity (Wildman–Crippen MR) is 122 cm³/mol. The molecule has 0 unspecified atom stereocenters. The number of carbonyl (C=O) groups excluding carboxylic acids is 2. The molecule has 0 radical (unpaired) electrons. The summed E-state index contributed by atoms with van der Waals surface area (Å²) in [5.74, 6) is -1.61. The van der Waals surface area contributed by atoms with E-state index in [0.717, 1.165) is 18.9 Å². The lowest BCUT2D eigenvalue weighted by Crippen LogP contribution is -2.05. The maximum Gasteiger partial charge on any atom is 0.333 e. The first-order chi connectivity index (χ1) is 14.1. The highest BCUT2D eigenvalue weighted by molar-refractivity contribution is 5.87. The average Bonchev–Trinajstić information content (AvgIpc) is 2.74. The third-order valence-electron chi connectivity index (χ3n) is 2.82. The maximum absolute atomic E-state index is 10.7. The second kappa shape index (κ2) is 21.9. The molecule has 0 amide bonds. The number of carbonyl (C=O) groups is 3. The minimum Gasteiger partial charge on any atom is -0.478 e. The molecule has 1 aromatic carbocycles. The molecule has 0 spiro atoms. The quantitative estimate of drug-likeness (QED) is 0.370. The Labute approximate surface area is 180 Å². The lowest BCUT2D eigenvalue weighted by molar-refractivity contribution is -0.139. The fraction of sp³-hybridized carbons (Fsp3) is 0.292. The van der Waals surface area contributed by atoms with Crippen molar-refractivity contribution in [2.75, 3.05) is 13.7 Å². The Morgan fingerprint density at radius 2 is 1.47 bits per heavy atom. The number of methoxy groups -OCH3 is 1. The molecule has 1 aromatic rings. The fourth-order valence-corrected chi connectivity index (χ4v) is 1.20. The van der Waals surface area contributed by atoms with Gasteiger partial charge in [0, 0.05) is 17.2 Å². The molecule has 1 rings (SSSR count). The Bertz CT molecular complexity index is 674. The summed E-state index contributed by atoms with van der Waals surface area (Å²) < 4.78 is 9.08. The lowest BCUT2D eigenvalue weighted by Gasteiger charge is -2.01. The van der Waals surface area contributed by atoms with Crippen molar-refractivity contribution in [1.82, 2.24) is 0 Å². The Hall–Kier alpha value is -3.41. The van der Waals surface area contributed by atoms with Gasteiger partial charge < -0.3 is 14.6 Å². The van der Waals surface area contributed by atoms with Gasteiger partial charge in [-0.25, -0.2) is 14.4 Å². The molecule has 0 aliphatic carbocycles. The summed E-state index contributed by atoms with van der Waals surface area (Å²) in [4.78, 5) is 30.1. The van der Waals surface area contributed by atoms with Crippen LogP contribution in [0.3, 0.4) is 0 Å². The molecule has 6 nitrogen and oxygen atoms in total. The van der Waals surface area contributed by atoms with E-state index in [4.69, 9.17) is 9.84 Å². The second-order valence-corrected chi connectivity index (χ2v) is 5.70. The van der Waals surface area contributed by atoms with E-state index in [1.807, 2.05) is 36.4 Å². The van der Waals surface area contributed by atoms with Gasteiger partial charge in [0.2, 0.25) is 0 Å². The molecule has 0 bridgehead atoms. The van der Waals surface area contributed by atoms with Gasteiger partial charge in [-0.15, -0.1) is 0 Å². The summed E-state index contributed by atoms with van der Waals surface area (Å²) in [5, 5.41) is 7.60. The van der Waals surface area contributed by atoms with Crippen molar-refractivity contribution < 1.29 is 29.0 Å². The summed E-state index contributed by atoms with van der Waals surface area (Å²) in [6, 6.07) is 10.0. The summed E-state index contributed by atoms with van der Waals surface area (Å²) >= 11 is 0. The molecular weight excluding hydrogens is 384 g/mol. The lowest BCUT2D eigenvalue weighted by atomic mass is 10.2. The van der Waals surface area contributed by atoms with Crippen LogP contribution < -0.4 is 0 Å². The highest BCUT2D eigenvalue weighted by atomic mass is 16.5. The van der Waals surface area contributed by atoms with Crippen molar-refractivity contribution in [3.63, 3.8) is 0 Å². The number of carboxylic acid groups (broad SMARTS) is 1. The molecule has 0 heterocycles. The largest absolute Gasteiger partial charge is 0.478 e. The molecule has 0 fully saturated rings. The van der Waals surface area contributed by atoms with Crippen LogP contribution in [0, 0.1) is 0 Å². The monoisotopic (exact) mass is 418 g/mol. The number of carboxylic acids is 1. The third-order valence-corrected chi connectivity index (χ3v) is 2.82. The average molecular weight is 419 g/mol. The predicted octanol–water partition coefficient (Wildman–Crippen LogP) is 5.23. The van der Waals surface area contributed by atoms with Gasteiger partial charge in [0.05, 0.1) is 13.7 Å². The first-order valence-electron chi connectivity index (χ1n) is 9.16. The SMILES string of the molecule is C=C(C)C(=O)OC.C=C(C)C(=O)OCCCC.C=CC(=O)O.C=Cc1ccccc1. The van der Waals surface area contributed by atoms with Gasteiger partial charge in [0.15, 0.2) is 0 Å². The molecule has 0 saturated carbocycles. The molecule has 0 saturated heterocycles. The number of rotatable bonds is 7. The van der Waals surface area contributed by atoms with E-state index in [1.165, 1.54) is 12.7 Å². The van der Waals surface area contributed by atoms with E-state index >= 15 is 0 Å². The summed E-state index contributed by atoms with van der Waals surface area (Å²) in [7, 11) is 1.33. The first kappa shape index (κ1) is 31.3. The number of hydrogen-bond acceptors (Lipinski definition) is 5. The van der Waals surface area contributed by atoms with Crippen LogP contribution >= 0.6 is 0 Å². The molecule has 0 aromatic heterocycles. The third kappa shape index (κ3) is 24.6. The van der Waals surface area contributed by atoms with Crippen molar-refractivity contribution in [3.8, 4) is 0 Å². The Morgan fingerprint density at radius 3 is 1.70 bits per heavy atom. The van der Waals surface area contributed by atoms with E-state index < -0.39 is 5.97 Å². The zero-order valence-electron chi connectivity index (χ0n) is 18.5. The number of aliphatic carboxylic acids is 1. The molecule has 0 aliphatic rings. The maximum atomic E-state index is 10.7. The van der Waals surface area contributed by atoms with Crippen LogP contribution in [0.5, 0.6) is 0 Å². The van der Waals surface area contributed by atoms with E-state index in [0.29, 0.717) is 17.8 Å². The van der Waals surface area contributed by atoms with Crippen LogP contribution in [0.15, 0.2) is 73.9 Å². The first-order valence-corrected chi connectivity index (χ1v) is 9.16. The highest BCUT2D eigenvalue weighted by Crippen LogP contribution is 1.97. The van der Waals surface area contributed by atoms with Crippen LogP contribution in [-0.2, 0) is 23.9 Å². The minimum atomic E-state index is -0.981. The van der Waals surface area contributed by atoms with Crippen molar-refractivity contribution >= 4 is 24.0 Å². The minimum absolute atomic E-state index is 0.284. The van der Waals surface area contributed by atoms with Crippen molar-refractivity contribution in [3.05, 3.63) is 79.4 Å². The number of unbranched alkanes of at least 4 members (excludes halogenated alkanes) is 1. The summed E-state index contributed by atoms with van der Waals surface area (Å²) in [6.45, 7) is 19.2. The molecule has 1 N–H and O–H groups in total.